The summed E-state index contributed by atoms with van der Waals surface area (Å²) in [5.41, 5.74) is 2.66. The minimum atomic E-state index is 1.02. The molecule has 0 bridgehead atoms. The van der Waals surface area contributed by atoms with Crippen molar-refractivity contribution >= 4 is 5.69 Å². The Kier molecular flexibility index (Phi) is 7.44. The van der Waals surface area contributed by atoms with Crippen molar-refractivity contribution in [2.75, 3.05) is 25.6 Å². The van der Waals surface area contributed by atoms with Crippen LogP contribution in [0.1, 0.15) is 33.3 Å². The summed E-state index contributed by atoms with van der Waals surface area (Å²) in [6.45, 7) is 9.11. The summed E-state index contributed by atoms with van der Waals surface area (Å²) in [6, 6.07) is 6.21. The third-order valence-corrected chi connectivity index (χ3v) is 2.44. The van der Waals surface area contributed by atoms with Crippen molar-refractivity contribution in [3.8, 4) is 5.75 Å². The number of fused-ring (bicyclic) bond motifs is 1. The maximum absolute atomic E-state index is 5.28. The van der Waals surface area contributed by atoms with Crippen molar-refractivity contribution in [1.82, 2.24) is 0 Å². The van der Waals surface area contributed by atoms with Crippen LogP contribution >= 0.6 is 0 Å². The van der Waals surface area contributed by atoms with Gasteiger partial charge in [-0.25, -0.2) is 0 Å². The zero-order valence-electron chi connectivity index (χ0n) is 11.5. The lowest BCUT2D eigenvalue weighted by Gasteiger charge is -2.12. The Balaban J connectivity index is 0.000000509. The van der Waals surface area contributed by atoms with Crippen molar-refractivity contribution in [1.29, 1.82) is 0 Å². The molecular weight excluding hydrogens is 198 g/mol. The maximum atomic E-state index is 5.28. The van der Waals surface area contributed by atoms with E-state index in [-0.39, 0.29) is 0 Å². The summed E-state index contributed by atoms with van der Waals surface area (Å²) in [7, 11) is 3.85. The molecule has 1 heterocycles. The molecule has 0 radical (unpaired) electrons. The van der Waals surface area contributed by atoms with Gasteiger partial charge in [-0.1, -0.05) is 33.8 Å². The van der Waals surface area contributed by atoms with Crippen molar-refractivity contribution in [3.63, 3.8) is 0 Å². The first-order valence-corrected chi connectivity index (χ1v) is 6.20. The number of likely N-dealkylation sites (N-methyl/N-ethyl adjacent to an activating group) is 1. The third kappa shape index (κ3) is 3.16. The van der Waals surface area contributed by atoms with Gasteiger partial charge in [0.25, 0.3) is 0 Å². The van der Waals surface area contributed by atoms with Gasteiger partial charge < -0.3 is 9.64 Å². The monoisotopic (exact) mass is 223 g/mol. The van der Waals surface area contributed by atoms with Gasteiger partial charge in [-0.05, 0) is 18.6 Å². The number of ether oxygens (including phenoxy) is 1. The number of hydrogen-bond acceptors (Lipinski definition) is 2. The van der Waals surface area contributed by atoms with Crippen molar-refractivity contribution in [2.24, 2.45) is 0 Å². The normalized spacial score (nSPS) is 11.8. The maximum Gasteiger partial charge on any atom is 0.124 e. The fraction of sp³-hybridized carbons (Fsp3) is 0.571. The molecule has 0 spiro atoms. The molecule has 0 fully saturated rings. The third-order valence-electron chi connectivity index (χ3n) is 2.44. The first-order valence-electron chi connectivity index (χ1n) is 6.20. The molecule has 1 aliphatic rings. The van der Waals surface area contributed by atoms with Crippen LogP contribution in [-0.2, 0) is 6.42 Å². The van der Waals surface area contributed by atoms with Crippen molar-refractivity contribution in [2.45, 2.75) is 34.1 Å². The number of rotatable bonds is 1. The summed E-state index contributed by atoms with van der Waals surface area (Å²) in [6.07, 6.45) is 1.11. The zero-order chi connectivity index (χ0) is 12.6. The second-order valence-corrected chi connectivity index (χ2v) is 3.13. The van der Waals surface area contributed by atoms with E-state index < -0.39 is 0 Å². The van der Waals surface area contributed by atoms with Gasteiger partial charge in [-0.3, -0.25) is 0 Å². The van der Waals surface area contributed by atoms with E-state index in [4.69, 9.17) is 4.74 Å². The number of anilines is 1. The summed E-state index contributed by atoms with van der Waals surface area (Å²) < 4.78 is 5.28. The lowest BCUT2D eigenvalue weighted by molar-refractivity contribution is 0.411. The van der Waals surface area contributed by atoms with Crippen LogP contribution in [0.3, 0.4) is 0 Å². The average Bonchev–Trinajstić information content (AvgIpc) is 2.76. The van der Waals surface area contributed by atoms with E-state index in [2.05, 4.69) is 18.0 Å². The van der Waals surface area contributed by atoms with Gasteiger partial charge in [0.1, 0.15) is 5.75 Å². The molecular formula is C14H25NO. The molecule has 1 aromatic carbocycles. The fourth-order valence-corrected chi connectivity index (χ4v) is 1.75. The summed E-state index contributed by atoms with van der Waals surface area (Å²) in [4.78, 5) is 2.26. The number of methoxy groups -OCH3 is 1. The Hall–Kier alpha value is -1.18. The second kappa shape index (κ2) is 8.03. The molecule has 0 amide bonds. The molecule has 1 aliphatic heterocycles. The van der Waals surface area contributed by atoms with E-state index >= 15 is 0 Å². The molecule has 0 atom stereocenters. The summed E-state index contributed by atoms with van der Waals surface area (Å²) >= 11 is 0. The predicted molar refractivity (Wildman–Crippen MR) is 72.7 cm³/mol. The van der Waals surface area contributed by atoms with E-state index in [1.807, 2.05) is 39.8 Å². The van der Waals surface area contributed by atoms with Crippen LogP contribution < -0.4 is 9.64 Å². The summed E-state index contributed by atoms with van der Waals surface area (Å²) in [5, 5.41) is 0. The quantitative estimate of drug-likeness (QED) is 0.719. The molecule has 0 aliphatic carbocycles. The minimum absolute atomic E-state index is 1.02. The fourth-order valence-electron chi connectivity index (χ4n) is 1.75. The highest BCUT2D eigenvalue weighted by Crippen LogP contribution is 2.33. The van der Waals surface area contributed by atoms with Crippen LogP contribution in [0.15, 0.2) is 18.2 Å². The Morgan fingerprint density at radius 3 is 2.31 bits per heavy atom. The standard InChI is InChI=1S/C10H13NO.2C2H6/c1-11-7-6-8-9(11)4-3-5-10(8)12-2;2*1-2/h3-5H,6-7H2,1-2H3;2*1-2H3. The predicted octanol–water partition coefficient (Wildman–Crippen LogP) is 3.74. The topological polar surface area (TPSA) is 12.5 Å². The van der Waals surface area contributed by atoms with Crippen LogP contribution in [0.5, 0.6) is 5.75 Å². The van der Waals surface area contributed by atoms with Crippen LogP contribution in [0.25, 0.3) is 0 Å². The first kappa shape index (κ1) is 14.8. The Morgan fingerprint density at radius 1 is 1.12 bits per heavy atom. The van der Waals surface area contributed by atoms with E-state index in [1.54, 1.807) is 7.11 Å². The number of nitrogens with zero attached hydrogens (tertiary/aromatic N) is 1. The molecule has 0 aromatic heterocycles. The first-order chi connectivity index (χ1) is 7.83. The molecule has 2 nitrogen and oxygen atoms in total. The largest absolute Gasteiger partial charge is 0.496 e. The van der Waals surface area contributed by atoms with Crippen LogP contribution in [-0.4, -0.2) is 20.7 Å². The minimum Gasteiger partial charge on any atom is -0.496 e. The molecule has 0 saturated heterocycles. The van der Waals surface area contributed by atoms with Gasteiger partial charge in [0, 0.05) is 24.8 Å². The Labute approximate surface area is 100 Å². The molecule has 0 unspecified atom stereocenters. The number of benzene rings is 1. The van der Waals surface area contributed by atoms with Crippen LogP contribution in [0.2, 0.25) is 0 Å². The second-order valence-electron chi connectivity index (χ2n) is 3.13. The van der Waals surface area contributed by atoms with Crippen LogP contribution in [0.4, 0.5) is 5.69 Å². The highest BCUT2D eigenvalue weighted by atomic mass is 16.5. The zero-order valence-corrected chi connectivity index (χ0v) is 11.5. The van der Waals surface area contributed by atoms with Crippen LogP contribution in [0, 0.1) is 0 Å². The highest BCUT2D eigenvalue weighted by molar-refractivity contribution is 5.62. The molecule has 2 heteroatoms. The van der Waals surface area contributed by atoms with E-state index in [0.29, 0.717) is 0 Å². The van der Waals surface area contributed by atoms with E-state index in [1.165, 1.54) is 11.3 Å². The Bertz CT molecular complexity index is 297. The van der Waals surface area contributed by atoms with Gasteiger partial charge in [0.2, 0.25) is 0 Å². The average molecular weight is 223 g/mol. The Morgan fingerprint density at radius 2 is 1.75 bits per heavy atom. The van der Waals surface area contributed by atoms with Crippen molar-refractivity contribution < 1.29 is 4.74 Å². The van der Waals surface area contributed by atoms with Crippen molar-refractivity contribution in [3.05, 3.63) is 23.8 Å². The molecule has 0 N–H and O–H groups in total. The van der Waals surface area contributed by atoms with Gasteiger partial charge in [0.05, 0.1) is 7.11 Å². The van der Waals surface area contributed by atoms with Gasteiger partial charge in [0.15, 0.2) is 0 Å². The van der Waals surface area contributed by atoms with Gasteiger partial charge in [-0.2, -0.15) is 0 Å². The van der Waals surface area contributed by atoms with E-state index in [0.717, 1.165) is 18.7 Å². The van der Waals surface area contributed by atoms with E-state index in [9.17, 15) is 0 Å². The molecule has 1 aromatic rings. The SMILES string of the molecule is CC.CC.COc1cccc2c1CCN2C. The highest BCUT2D eigenvalue weighted by Gasteiger charge is 2.18. The molecule has 16 heavy (non-hydrogen) atoms. The molecule has 0 saturated carbocycles. The molecule has 2 rings (SSSR count). The van der Waals surface area contributed by atoms with Gasteiger partial charge >= 0.3 is 0 Å². The smallest absolute Gasteiger partial charge is 0.124 e. The molecule has 92 valence electrons. The summed E-state index contributed by atoms with van der Waals surface area (Å²) in [5.74, 6) is 1.02. The number of hydrogen-bond donors (Lipinski definition) is 0. The lowest BCUT2D eigenvalue weighted by atomic mass is 10.1. The van der Waals surface area contributed by atoms with Gasteiger partial charge in [-0.15, -0.1) is 0 Å². The lowest BCUT2D eigenvalue weighted by Crippen LogP contribution is -2.12.